The van der Waals surface area contributed by atoms with Gasteiger partial charge in [0.25, 0.3) is 0 Å². The van der Waals surface area contributed by atoms with Crippen LogP contribution in [-0.4, -0.2) is 30.6 Å². The third-order valence-corrected chi connectivity index (χ3v) is 10.6. The van der Waals surface area contributed by atoms with Gasteiger partial charge in [0.05, 0.1) is 10.1 Å². The maximum Gasteiger partial charge on any atom is 0.182 e. The van der Waals surface area contributed by atoms with Gasteiger partial charge in [-0.1, -0.05) is 91.9 Å². The van der Waals surface area contributed by atoms with Crippen molar-refractivity contribution in [2.45, 2.75) is 55.8 Å². The average Bonchev–Trinajstić information content (AvgIpc) is 3.60. The standard InChI is InChI=1S/C42H42FNO4S/c1-29-22-23-44(25-29)30(2)26-45-35-18-16-33(17-19-35)40-41(34-14-9-15-36(24-34)46-27-31-10-5-3-6-11-31)49-42-38(48-40)21-20-37(39(42)43)47-28-32-12-7-4-8-13-32/h3-21,24,29-30,40-41H,22-23,25-28H2,1-2H3/t29-,30+,40+,41-/m1/s1. The molecule has 7 rings (SSSR count). The molecule has 5 aromatic rings. The Kier molecular flexibility index (Phi) is 10.4. The van der Waals surface area contributed by atoms with Gasteiger partial charge in [-0.25, -0.2) is 4.39 Å². The molecule has 7 heteroatoms. The van der Waals surface area contributed by atoms with E-state index >= 15 is 4.39 Å². The molecule has 5 nitrogen and oxygen atoms in total. The van der Waals surface area contributed by atoms with Crippen LogP contribution >= 0.6 is 11.8 Å². The number of thioether (sulfide) groups is 1. The number of hydrogen-bond donors (Lipinski definition) is 0. The first kappa shape index (κ1) is 33.1. The molecule has 49 heavy (non-hydrogen) atoms. The summed E-state index contributed by atoms with van der Waals surface area (Å²) in [4.78, 5) is 2.94. The van der Waals surface area contributed by atoms with E-state index in [1.807, 2.05) is 97.1 Å². The molecule has 1 fully saturated rings. The van der Waals surface area contributed by atoms with Crippen LogP contribution in [0.3, 0.4) is 0 Å². The number of likely N-dealkylation sites (tertiary alicyclic amines) is 1. The van der Waals surface area contributed by atoms with Crippen molar-refractivity contribution in [2.75, 3.05) is 19.7 Å². The van der Waals surface area contributed by atoms with E-state index in [1.54, 1.807) is 6.07 Å². The van der Waals surface area contributed by atoms with Gasteiger partial charge >= 0.3 is 0 Å². The molecule has 0 unspecified atom stereocenters. The lowest BCUT2D eigenvalue weighted by Crippen LogP contribution is -2.35. The molecule has 0 saturated carbocycles. The quantitative estimate of drug-likeness (QED) is 0.131. The minimum absolute atomic E-state index is 0.204. The van der Waals surface area contributed by atoms with Gasteiger partial charge in [0.2, 0.25) is 0 Å². The van der Waals surface area contributed by atoms with Crippen LogP contribution in [0.4, 0.5) is 4.39 Å². The summed E-state index contributed by atoms with van der Waals surface area (Å²) in [6.45, 7) is 8.17. The molecule has 252 valence electrons. The van der Waals surface area contributed by atoms with Gasteiger partial charge < -0.3 is 18.9 Å². The largest absolute Gasteiger partial charge is 0.492 e. The zero-order chi connectivity index (χ0) is 33.6. The second kappa shape index (κ2) is 15.4. The Morgan fingerprint density at radius 3 is 2.18 bits per heavy atom. The average molecular weight is 676 g/mol. The lowest BCUT2D eigenvalue weighted by atomic mass is 9.99. The summed E-state index contributed by atoms with van der Waals surface area (Å²) in [5.74, 6) is 2.61. The fourth-order valence-corrected chi connectivity index (χ4v) is 7.72. The molecule has 2 heterocycles. The lowest BCUT2D eigenvalue weighted by molar-refractivity contribution is 0.168. The van der Waals surface area contributed by atoms with Crippen LogP contribution in [0.5, 0.6) is 23.0 Å². The predicted molar refractivity (Wildman–Crippen MR) is 193 cm³/mol. The normalized spacial score (nSPS) is 19.4. The van der Waals surface area contributed by atoms with Crippen LogP contribution in [0.15, 0.2) is 126 Å². The van der Waals surface area contributed by atoms with Crippen LogP contribution in [0.25, 0.3) is 0 Å². The smallest absolute Gasteiger partial charge is 0.182 e. The van der Waals surface area contributed by atoms with E-state index in [2.05, 4.69) is 36.9 Å². The van der Waals surface area contributed by atoms with Crippen LogP contribution in [0.2, 0.25) is 0 Å². The molecule has 0 amide bonds. The molecule has 0 bridgehead atoms. The van der Waals surface area contributed by atoms with Crippen LogP contribution in [0, 0.1) is 11.7 Å². The van der Waals surface area contributed by atoms with Crippen molar-refractivity contribution in [3.05, 3.63) is 149 Å². The van der Waals surface area contributed by atoms with Crippen LogP contribution in [-0.2, 0) is 13.2 Å². The number of ether oxygens (including phenoxy) is 4. The number of rotatable bonds is 12. The van der Waals surface area contributed by atoms with E-state index in [0.29, 0.717) is 29.9 Å². The minimum atomic E-state index is -0.413. The maximum atomic E-state index is 16.1. The Morgan fingerprint density at radius 2 is 1.49 bits per heavy atom. The zero-order valence-electron chi connectivity index (χ0n) is 28.0. The van der Waals surface area contributed by atoms with Gasteiger partial charge in [0, 0.05) is 12.6 Å². The monoisotopic (exact) mass is 675 g/mol. The highest BCUT2D eigenvalue weighted by Gasteiger charge is 2.36. The van der Waals surface area contributed by atoms with E-state index in [-0.39, 0.29) is 23.7 Å². The molecule has 5 aromatic carbocycles. The minimum Gasteiger partial charge on any atom is -0.492 e. The Bertz CT molecular complexity index is 1820. The van der Waals surface area contributed by atoms with E-state index in [0.717, 1.165) is 52.8 Å². The van der Waals surface area contributed by atoms with Gasteiger partial charge in [-0.05, 0) is 84.5 Å². The van der Waals surface area contributed by atoms with Crippen molar-refractivity contribution < 1.29 is 23.3 Å². The Labute approximate surface area is 293 Å². The summed E-state index contributed by atoms with van der Waals surface area (Å²) < 4.78 is 41.1. The molecule has 0 N–H and O–H groups in total. The number of benzene rings is 5. The Hall–Kier alpha value is -4.46. The van der Waals surface area contributed by atoms with Gasteiger partial charge in [0.1, 0.15) is 43.2 Å². The predicted octanol–water partition coefficient (Wildman–Crippen LogP) is 10.1. The van der Waals surface area contributed by atoms with Crippen LogP contribution in [0.1, 0.15) is 53.9 Å². The van der Waals surface area contributed by atoms with Gasteiger partial charge in [-0.2, -0.15) is 0 Å². The maximum absolute atomic E-state index is 16.1. The third kappa shape index (κ3) is 8.06. The fourth-order valence-electron chi connectivity index (χ4n) is 6.41. The summed E-state index contributed by atoms with van der Waals surface area (Å²) in [5.41, 5.74) is 4.03. The Balaban J connectivity index is 1.13. The van der Waals surface area contributed by atoms with E-state index < -0.39 is 5.82 Å². The van der Waals surface area contributed by atoms with Crippen molar-refractivity contribution in [3.8, 4) is 23.0 Å². The van der Waals surface area contributed by atoms with Crippen molar-refractivity contribution in [1.82, 2.24) is 4.90 Å². The van der Waals surface area contributed by atoms with Gasteiger partial charge in [0.15, 0.2) is 11.6 Å². The van der Waals surface area contributed by atoms with Crippen molar-refractivity contribution >= 4 is 11.8 Å². The fraction of sp³-hybridized carbons (Fsp3) is 0.286. The summed E-state index contributed by atoms with van der Waals surface area (Å²) in [6, 6.07) is 39.9. The molecule has 0 aliphatic carbocycles. The number of fused-ring (bicyclic) bond motifs is 1. The molecular weight excluding hydrogens is 634 g/mol. The molecule has 1 saturated heterocycles. The second-order valence-electron chi connectivity index (χ2n) is 13.0. The molecule has 2 aliphatic rings. The molecule has 0 radical (unpaired) electrons. The van der Waals surface area contributed by atoms with Gasteiger partial charge in [-0.3, -0.25) is 4.90 Å². The Morgan fingerprint density at radius 1 is 0.776 bits per heavy atom. The first-order valence-electron chi connectivity index (χ1n) is 17.1. The first-order valence-corrected chi connectivity index (χ1v) is 17.9. The van der Waals surface area contributed by atoms with E-state index in [1.165, 1.54) is 18.2 Å². The molecule has 0 aromatic heterocycles. The lowest BCUT2D eigenvalue weighted by Gasteiger charge is -2.34. The highest BCUT2D eigenvalue weighted by molar-refractivity contribution is 7.99. The molecule has 4 atom stereocenters. The highest BCUT2D eigenvalue weighted by atomic mass is 32.2. The van der Waals surface area contributed by atoms with Crippen molar-refractivity contribution in [1.29, 1.82) is 0 Å². The van der Waals surface area contributed by atoms with Crippen molar-refractivity contribution in [3.63, 3.8) is 0 Å². The topological polar surface area (TPSA) is 40.2 Å². The third-order valence-electron chi connectivity index (χ3n) is 9.25. The van der Waals surface area contributed by atoms with Gasteiger partial charge in [-0.15, -0.1) is 11.8 Å². The summed E-state index contributed by atoms with van der Waals surface area (Å²) >= 11 is 1.46. The SMILES string of the molecule is C[C@@H]1CCN([C@@H](C)COc2ccc([C@@H]3Oc4ccc(OCc5ccccc5)c(F)c4S[C@@H]3c3cccc(OCc4ccccc4)c3)cc2)C1. The van der Waals surface area contributed by atoms with E-state index in [4.69, 9.17) is 18.9 Å². The van der Waals surface area contributed by atoms with Crippen LogP contribution < -0.4 is 18.9 Å². The second-order valence-corrected chi connectivity index (χ2v) is 14.2. The zero-order valence-corrected chi connectivity index (χ0v) is 28.8. The molecule has 2 aliphatic heterocycles. The molecule has 0 spiro atoms. The molecular formula is C42H42FNO4S. The van der Waals surface area contributed by atoms with E-state index in [9.17, 15) is 0 Å². The summed E-state index contributed by atoms with van der Waals surface area (Å²) in [7, 11) is 0. The summed E-state index contributed by atoms with van der Waals surface area (Å²) in [5, 5.41) is -0.254. The number of hydrogen-bond acceptors (Lipinski definition) is 6. The highest BCUT2D eigenvalue weighted by Crippen LogP contribution is 2.55. The van der Waals surface area contributed by atoms with Crippen molar-refractivity contribution in [2.24, 2.45) is 5.92 Å². The first-order chi connectivity index (χ1) is 24.0. The summed E-state index contributed by atoms with van der Waals surface area (Å²) in [6.07, 6.45) is 0.868. The number of nitrogens with zero attached hydrogens (tertiary/aromatic N) is 1. The number of halogens is 1.